The van der Waals surface area contributed by atoms with Crippen LogP contribution in [0.1, 0.15) is 16.1 Å². The van der Waals surface area contributed by atoms with E-state index in [0.717, 1.165) is 0 Å². The summed E-state index contributed by atoms with van der Waals surface area (Å²) in [6.07, 6.45) is 0.165. The van der Waals surface area contributed by atoms with Crippen LogP contribution in [0, 0.1) is 0 Å². The van der Waals surface area contributed by atoms with Crippen LogP contribution >= 0.6 is 22.9 Å². The summed E-state index contributed by atoms with van der Waals surface area (Å²) in [6, 6.07) is 1.27. The lowest BCUT2D eigenvalue weighted by Gasteiger charge is -2.31. The van der Waals surface area contributed by atoms with Gasteiger partial charge in [-0.15, -0.1) is 11.3 Å². The molecule has 6 nitrogen and oxygen atoms in total. The molecule has 1 fully saturated rings. The zero-order chi connectivity index (χ0) is 14.5. The highest BCUT2D eigenvalue weighted by molar-refractivity contribution is 7.12. The predicted octanol–water partition coefficient (Wildman–Crippen LogP) is 1.39. The van der Waals surface area contributed by atoms with Crippen LogP contribution in [0.15, 0.2) is 11.4 Å². The van der Waals surface area contributed by atoms with E-state index < -0.39 is 12.6 Å². The van der Waals surface area contributed by atoms with E-state index in [0.29, 0.717) is 29.5 Å². The number of carbonyl (C=O) groups excluding carboxylic acids is 1. The fourth-order valence-electron chi connectivity index (χ4n) is 1.92. The standard InChI is InChI=1S/C12H14ClNO5S/c13-7-2-4-20-11(7)12(17)14-8-5-18-3-1-9(8)19-6-10(15)16/h2,4,8-9H,1,3,5-6H2,(H,14,17)(H,15,16)/t8-,9+/m0/s1. The van der Waals surface area contributed by atoms with Crippen molar-refractivity contribution in [3.05, 3.63) is 21.3 Å². The van der Waals surface area contributed by atoms with E-state index in [2.05, 4.69) is 5.32 Å². The number of halogens is 1. The molecule has 1 aromatic heterocycles. The maximum atomic E-state index is 12.1. The zero-order valence-electron chi connectivity index (χ0n) is 10.5. The Kier molecular flexibility index (Phi) is 5.36. The van der Waals surface area contributed by atoms with Crippen LogP contribution in [0.4, 0.5) is 0 Å². The van der Waals surface area contributed by atoms with Crippen LogP contribution in [0.5, 0.6) is 0 Å². The molecule has 0 radical (unpaired) electrons. The average Bonchev–Trinajstić information content (AvgIpc) is 2.84. The molecule has 110 valence electrons. The third-order valence-corrected chi connectivity index (χ3v) is 4.19. The molecule has 0 bridgehead atoms. The molecule has 0 spiro atoms. The molecule has 8 heteroatoms. The zero-order valence-corrected chi connectivity index (χ0v) is 12.1. The highest BCUT2D eigenvalue weighted by Crippen LogP contribution is 2.22. The number of carboxylic acid groups (broad SMARTS) is 1. The molecule has 1 saturated heterocycles. The van der Waals surface area contributed by atoms with Gasteiger partial charge in [0.1, 0.15) is 11.5 Å². The molecule has 0 aliphatic carbocycles. The number of thiophene rings is 1. The molecule has 0 unspecified atom stereocenters. The summed E-state index contributed by atoms with van der Waals surface area (Å²) in [5, 5.41) is 13.5. The molecular formula is C12H14ClNO5S. The van der Waals surface area contributed by atoms with Crippen LogP contribution in [-0.2, 0) is 14.3 Å². The van der Waals surface area contributed by atoms with Crippen LogP contribution in [0.25, 0.3) is 0 Å². The Labute approximate surface area is 124 Å². The Morgan fingerprint density at radius 2 is 2.40 bits per heavy atom. The van der Waals surface area contributed by atoms with E-state index >= 15 is 0 Å². The van der Waals surface area contributed by atoms with Gasteiger partial charge in [0, 0.05) is 6.61 Å². The Morgan fingerprint density at radius 1 is 1.60 bits per heavy atom. The van der Waals surface area contributed by atoms with E-state index in [9.17, 15) is 9.59 Å². The number of amides is 1. The maximum absolute atomic E-state index is 12.1. The van der Waals surface area contributed by atoms with E-state index in [1.54, 1.807) is 11.4 Å². The van der Waals surface area contributed by atoms with Crippen molar-refractivity contribution < 1.29 is 24.2 Å². The number of carboxylic acids is 1. The molecule has 1 aromatic rings. The molecule has 2 rings (SSSR count). The van der Waals surface area contributed by atoms with Gasteiger partial charge in [-0.1, -0.05) is 11.6 Å². The van der Waals surface area contributed by atoms with Gasteiger partial charge in [-0.25, -0.2) is 4.79 Å². The van der Waals surface area contributed by atoms with Crippen molar-refractivity contribution in [1.29, 1.82) is 0 Å². The highest BCUT2D eigenvalue weighted by atomic mass is 35.5. The maximum Gasteiger partial charge on any atom is 0.329 e. The summed E-state index contributed by atoms with van der Waals surface area (Å²) in [7, 11) is 0. The number of carbonyl (C=O) groups is 2. The highest BCUT2D eigenvalue weighted by Gasteiger charge is 2.29. The number of ether oxygens (including phenoxy) is 2. The molecule has 0 aromatic carbocycles. The topological polar surface area (TPSA) is 84.9 Å². The Balaban J connectivity index is 1.96. The Bertz CT molecular complexity index is 492. The van der Waals surface area contributed by atoms with Crippen molar-refractivity contribution in [3.8, 4) is 0 Å². The Hall–Kier alpha value is -1.15. The van der Waals surface area contributed by atoms with Gasteiger partial charge in [0.2, 0.25) is 0 Å². The van der Waals surface area contributed by atoms with Crippen LogP contribution in [-0.4, -0.2) is 48.9 Å². The van der Waals surface area contributed by atoms with Gasteiger partial charge in [0.05, 0.1) is 23.8 Å². The van der Waals surface area contributed by atoms with Gasteiger partial charge in [0.25, 0.3) is 5.91 Å². The minimum absolute atomic E-state index is 0.291. The lowest BCUT2D eigenvalue weighted by molar-refractivity contribution is -0.147. The van der Waals surface area contributed by atoms with Crippen molar-refractivity contribution in [2.24, 2.45) is 0 Å². The number of aliphatic carboxylic acids is 1. The first-order valence-electron chi connectivity index (χ1n) is 6.03. The van der Waals surface area contributed by atoms with Crippen molar-refractivity contribution in [1.82, 2.24) is 5.32 Å². The molecule has 20 heavy (non-hydrogen) atoms. The van der Waals surface area contributed by atoms with Crippen molar-refractivity contribution >= 4 is 34.8 Å². The van der Waals surface area contributed by atoms with E-state index in [4.69, 9.17) is 26.2 Å². The second kappa shape index (κ2) is 7.03. The minimum atomic E-state index is -1.04. The molecular weight excluding hydrogens is 306 g/mol. The predicted molar refractivity (Wildman–Crippen MR) is 73.4 cm³/mol. The van der Waals surface area contributed by atoms with Crippen LogP contribution in [0.2, 0.25) is 5.02 Å². The molecule has 2 heterocycles. The van der Waals surface area contributed by atoms with Gasteiger partial charge >= 0.3 is 5.97 Å². The monoisotopic (exact) mass is 319 g/mol. The van der Waals surface area contributed by atoms with Gasteiger partial charge < -0.3 is 19.9 Å². The lowest BCUT2D eigenvalue weighted by Crippen LogP contribution is -2.50. The first-order valence-corrected chi connectivity index (χ1v) is 7.28. The Morgan fingerprint density at radius 3 is 3.05 bits per heavy atom. The third kappa shape index (κ3) is 3.92. The van der Waals surface area contributed by atoms with Crippen molar-refractivity contribution in [2.75, 3.05) is 19.8 Å². The first-order chi connectivity index (χ1) is 9.58. The largest absolute Gasteiger partial charge is 0.480 e. The second-order valence-electron chi connectivity index (χ2n) is 4.28. The summed E-state index contributed by atoms with van der Waals surface area (Å²) < 4.78 is 10.6. The van der Waals surface area contributed by atoms with Crippen LogP contribution < -0.4 is 5.32 Å². The fraction of sp³-hybridized carbons (Fsp3) is 0.500. The normalized spacial score (nSPS) is 22.4. The summed E-state index contributed by atoms with van der Waals surface area (Å²) in [5.41, 5.74) is 0. The summed E-state index contributed by atoms with van der Waals surface area (Å²) in [6.45, 7) is 0.381. The summed E-state index contributed by atoms with van der Waals surface area (Å²) >= 11 is 7.15. The number of hydrogen-bond donors (Lipinski definition) is 2. The molecule has 2 atom stereocenters. The summed E-state index contributed by atoms with van der Waals surface area (Å²) in [4.78, 5) is 23.0. The van der Waals surface area contributed by atoms with E-state index in [1.807, 2.05) is 0 Å². The smallest absolute Gasteiger partial charge is 0.329 e. The third-order valence-electron chi connectivity index (χ3n) is 2.85. The molecule has 0 saturated carbocycles. The molecule has 1 amide bonds. The quantitative estimate of drug-likeness (QED) is 0.856. The van der Waals surface area contributed by atoms with Gasteiger partial charge in [0.15, 0.2) is 0 Å². The average molecular weight is 320 g/mol. The second-order valence-corrected chi connectivity index (χ2v) is 5.61. The number of rotatable bonds is 5. The minimum Gasteiger partial charge on any atom is -0.480 e. The van der Waals surface area contributed by atoms with Crippen LogP contribution in [0.3, 0.4) is 0 Å². The van der Waals surface area contributed by atoms with Gasteiger partial charge in [-0.3, -0.25) is 4.79 Å². The van der Waals surface area contributed by atoms with Gasteiger partial charge in [-0.2, -0.15) is 0 Å². The van der Waals surface area contributed by atoms with Gasteiger partial charge in [-0.05, 0) is 17.9 Å². The molecule has 1 aliphatic rings. The molecule has 2 N–H and O–H groups in total. The number of nitrogens with one attached hydrogen (secondary N) is 1. The summed E-state index contributed by atoms with van der Waals surface area (Å²) in [5.74, 6) is -1.34. The van der Waals surface area contributed by atoms with E-state index in [1.165, 1.54) is 11.3 Å². The lowest BCUT2D eigenvalue weighted by atomic mass is 10.1. The number of hydrogen-bond acceptors (Lipinski definition) is 5. The first kappa shape index (κ1) is 15.2. The van der Waals surface area contributed by atoms with Crippen molar-refractivity contribution in [3.63, 3.8) is 0 Å². The van der Waals surface area contributed by atoms with E-state index in [-0.39, 0.29) is 18.1 Å². The SMILES string of the molecule is O=C(O)CO[C@@H]1CCOC[C@@H]1NC(=O)c1sccc1Cl. The fourth-order valence-corrected chi connectivity index (χ4v) is 2.96. The van der Waals surface area contributed by atoms with Crippen molar-refractivity contribution in [2.45, 2.75) is 18.6 Å². The molecule has 1 aliphatic heterocycles.